The summed E-state index contributed by atoms with van der Waals surface area (Å²) in [6, 6.07) is 0. The molecule has 0 radical (unpaired) electrons. The molecular formula is C13H22N2. The molecule has 1 heterocycles. The fourth-order valence-corrected chi connectivity index (χ4v) is 1.23. The Balaban J connectivity index is 0.000000921. The first kappa shape index (κ1) is 13.7. The fraction of sp³-hybridized carbons (Fsp3) is 0.462. The van der Waals surface area contributed by atoms with Crippen molar-refractivity contribution in [2.45, 2.75) is 34.1 Å². The third-order valence-electron chi connectivity index (χ3n) is 1.83. The highest BCUT2D eigenvalue weighted by molar-refractivity contribution is 6.03. The predicted octanol–water partition coefficient (Wildman–Crippen LogP) is 3.74. The Morgan fingerprint density at radius 3 is 2.67 bits per heavy atom. The summed E-state index contributed by atoms with van der Waals surface area (Å²) in [4.78, 5) is 6.45. The Labute approximate surface area is 93.7 Å². The highest BCUT2D eigenvalue weighted by atomic mass is 15.2. The van der Waals surface area contributed by atoms with Gasteiger partial charge in [0.2, 0.25) is 0 Å². The van der Waals surface area contributed by atoms with Crippen molar-refractivity contribution in [3.8, 4) is 0 Å². The van der Waals surface area contributed by atoms with E-state index < -0.39 is 0 Å². The molecule has 0 amide bonds. The molecule has 1 aliphatic rings. The third kappa shape index (κ3) is 4.15. The van der Waals surface area contributed by atoms with Crippen molar-refractivity contribution in [1.82, 2.24) is 4.90 Å². The molecule has 0 spiro atoms. The van der Waals surface area contributed by atoms with Crippen molar-refractivity contribution >= 4 is 5.84 Å². The number of amidine groups is 1. The van der Waals surface area contributed by atoms with E-state index in [4.69, 9.17) is 0 Å². The van der Waals surface area contributed by atoms with E-state index in [1.165, 1.54) is 0 Å². The average molecular weight is 206 g/mol. The topological polar surface area (TPSA) is 15.6 Å². The van der Waals surface area contributed by atoms with Gasteiger partial charge >= 0.3 is 0 Å². The van der Waals surface area contributed by atoms with Gasteiger partial charge in [0.15, 0.2) is 0 Å². The standard InChI is InChI=1S/C11H16N2.C2H6/c1-4-7-12-11-10(3)6-9-13(11)8-5-2;1-2/h4,6-7,9H,3,5,8H2,1-2H3;1-2H3/b7-4-,12-11?;. The van der Waals surface area contributed by atoms with Gasteiger partial charge in [-0.15, -0.1) is 0 Å². The summed E-state index contributed by atoms with van der Waals surface area (Å²) in [5.41, 5.74) is 0.992. The molecule has 0 saturated heterocycles. The van der Waals surface area contributed by atoms with Crippen LogP contribution in [-0.4, -0.2) is 17.3 Å². The van der Waals surface area contributed by atoms with E-state index in [0.717, 1.165) is 24.4 Å². The summed E-state index contributed by atoms with van der Waals surface area (Å²) in [6.45, 7) is 13.0. The second-order valence-electron chi connectivity index (χ2n) is 2.97. The Kier molecular flexibility index (Phi) is 7.33. The monoisotopic (exact) mass is 206 g/mol. The summed E-state index contributed by atoms with van der Waals surface area (Å²) in [5.74, 6) is 0.972. The molecule has 0 unspecified atom stereocenters. The van der Waals surface area contributed by atoms with E-state index in [0.29, 0.717) is 0 Å². The molecule has 1 aliphatic heterocycles. The molecule has 0 fully saturated rings. The molecule has 1 rings (SSSR count). The number of rotatable bonds is 3. The predicted molar refractivity (Wildman–Crippen MR) is 68.9 cm³/mol. The first-order valence-corrected chi connectivity index (χ1v) is 5.62. The van der Waals surface area contributed by atoms with Gasteiger partial charge in [-0.3, -0.25) is 0 Å². The van der Waals surface area contributed by atoms with Crippen LogP contribution in [0.1, 0.15) is 34.1 Å². The first-order valence-electron chi connectivity index (χ1n) is 5.62. The van der Waals surface area contributed by atoms with Crippen molar-refractivity contribution < 1.29 is 0 Å². The van der Waals surface area contributed by atoms with Crippen LogP contribution in [-0.2, 0) is 0 Å². The molecule has 84 valence electrons. The van der Waals surface area contributed by atoms with Crippen molar-refractivity contribution in [2.75, 3.05) is 6.54 Å². The largest absolute Gasteiger partial charge is 0.333 e. The zero-order valence-corrected chi connectivity index (χ0v) is 10.3. The van der Waals surface area contributed by atoms with Crippen LogP contribution >= 0.6 is 0 Å². The normalized spacial score (nSPS) is 17.5. The van der Waals surface area contributed by atoms with Crippen LogP contribution in [0.4, 0.5) is 0 Å². The van der Waals surface area contributed by atoms with E-state index >= 15 is 0 Å². The van der Waals surface area contributed by atoms with Gasteiger partial charge in [-0.1, -0.05) is 33.4 Å². The van der Waals surface area contributed by atoms with Crippen LogP contribution in [0, 0.1) is 0 Å². The minimum Gasteiger partial charge on any atom is -0.333 e. The molecule has 0 aromatic heterocycles. The van der Waals surface area contributed by atoms with Crippen LogP contribution in [0.3, 0.4) is 0 Å². The lowest BCUT2D eigenvalue weighted by Gasteiger charge is -2.15. The Morgan fingerprint density at radius 2 is 2.13 bits per heavy atom. The SMILES string of the molecule is C=C1C=CN(CCC)C1=N/C=C\C.CC. The van der Waals surface area contributed by atoms with Crippen LogP contribution in [0.5, 0.6) is 0 Å². The highest BCUT2D eigenvalue weighted by Gasteiger charge is 2.14. The molecule has 0 atom stereocenters. The van der Waals surface area contributed by atoms with Gasteiger partial charge in [0.1, 0.15) is 5.84 Å². The summed E-state index contributed by atoms with van der Waals surface area (Å²) in [6.07, 6.45) is 8.87. The smallest absolute Gasteiger partial charge is 0.139 e. The second-order valence-corrected chi connectivity index (χ2v) is 2.97. The zero-order valence-electron chi connectivity index (χ0n) is 10.3. The Morgan fingerprint density at radius 1 is 1.47 bits per heavy atom. The maximum atomic E-state index is 4.32. The van der Waals surface area contributed by atoms with Crippen LogP contribution in [0.25, 0.3) is 0 Å². The minimum atomic E-state index is 0.972. The van der Waals surface area contributed by atoms with E-state index in [-0.39, 0.29) is 0 Å². The number of allylic oxidation sites excluding steroid dienone is 1. The van der Waals surface area contributed by atoms with Gasteiger partial charge in [0, 0.05) is 24.5 Å². The summed E-state index contributed by atoms with van der Waals surface area (Å²) >= 11 is 0. The number of hydrogen-bond donors (Lipinski definition) is 0. The number of hydrogen-bond acceptors (Lipinski definition) is 1. The van der Waals surface area contributed by atoms with Crippen molar-refractivity contribution in [1.29, 1.82) is 0 Å². The molecule has 0 aromatic carbocycles. The van der Waals surface area contributed by atoms with Gasteiger partial charge in [-0.05, 0) is 19.4 Å². The molecule has 2 nitrogen and oxygen atoms in total. The zero-order chi connectivity index (χ0) is 11.7. The third-order valence-corrected chi connectivity index (χ3v) is 1.83. The Bertz CT molecular complexity index is 272. The first-order chi connectivity index (χ1) is 7.29. The quantitative estimate of drug-likeness (QED) is 0.687. The maximum absolute atomic E-state index is 4.32. The fourth-order valence-electron chi connectivity index (χ4n) is 1.23. The molecule has 0 bridgehead atoms. The summed E-state index contributed by atoms with van der Waals surface area (Å²) < 4.78 is 0. The van der Waals surface area contributed by atoms with Crippen LogP contribution < -0.4 is 0 Å². The molecule has 2 heteroatoms. The van der Waals surface area contributed by atoms with Gasteiger partial charge in [0.05, 0.1) is 0 Å². The van der Waals surface area contributed by atoms with Crippen molar-refractivity contribution in [3.63, 3.8) is 0 Å². The summed E-state index contributed by atoms with van der Waals surface area (Å²) in [5, 5.41) is 0. The van der Waals surface area contributed by atoms with Crippen molar-refractivity contribution in [3.05, 3.63) is 36.7 Å². The molecule has 0 N–H and O–H groups in total. The lowest BCUT2D eigenvalue weighted by Crippen LogP contribution is -2.22. The van der Waals surface area contributed by atoms with E-state index in [2.05, 4.69) is 23.4 Å². The Hall–Kier alpha value is -1.31. The average Bonchev–Trinajstić information content (AvgIpc) is 2.61. The number of aliphatic imine (C=N–C) groups is 1. The van der Waals surface area contributed by atoms with E-state index in [1.807, 2.05) is 39.1 Å². The van der Waals surface area contributed by atoms with Crippen LogP contribution in [0.2, 0.25) is 0 Å². The molecular weight excluding hydrogens is 184 g/mol. The van der Waals surface area contributed by atoms with Crippen LogP contribution in [0.15, 0.2) is 41.7 Å². The van der Waals surface area contributed by atoms with Crippen molar-refractivity contribution in [2.24, 2.45) is 4.99 Å². The highest BCUT2D eigenvalue weighted by Crippen LogP contribution is 2.13. The van der Waals surface area contributed by atoms with Gasteiger partial charge in [-0.25, -0.2) is 4.99 Å². The maximum Gasteiger partial charge on any atom is 0.139 e. The lowest BCUT2D eigenvalue weighted by atomic mass is 10.3. The lowest BCUT2D eigenvalue weighted by molar-refractivity contribution is 0.559. The molecule has 0 aliphatic carbocycles. The van der Waals surface area contributed by atoms with Gasteiger partial charge in [0.25, 0.3) is 0 Å². The molecule has 15 heavy (non-hydrogen) atoms. The number of nitrogens with zero attached hydrogens (tertiary/aromatic N) is 2. The molecule has 0 aromatic rings. The van der Waals surface area contributed by atoms with E-state index in [1.54, 1.807) is 6.20 Å². The summed E-state index contributed by atoms with van der Waals surface area (Å²) in [7, 11) is 0. The minimum absolute atomic E-state index is 0.972. The van der Waals surface area contributed by atoms with Gasteiger partial charge < -0.3 is 4.90 Å². The second kappa shape index (κ2) is 8.04. The van der Waals surface area contributed by atoms with Gasteiger partial charge in [-0.2, -0.15) is 0 Å². The molecule has 0 saturated carbocycles. The van der Waals surface area contributed by atoms with E-state index in [9.17, 15) is 0 Å².